The van der Waals surface area contributed by atoms with Gasteiger partial charge in [-0.3, -0.25) is 0 Å². The molecule has 56 heavy (non-hydrogen) atoms. The Kier molecular flexibility index (Phi) is 7.69. The minimum atomic E-state index is 0.606. The number of nitrogens with zero attached hydrogens (tertiary/aromatic N) is 4. The minimum Gasteiger partial charge on any atom is -0.456 e. The monoisotopic (exact) mass is 720 g/mol. The molecular formula is C51H36N4O. The van der Waals surface area contributed by atoms with E-state index < -0.39 is 0 Å². The van der Waals surface area contributed by atoms with Crippen LogP contribution in [0.4, 0.5) is 0 Å². The maximum Gasteiger partial charge on any atom is 0.164 e. The molecule has 0 saturated carbocycles. The molecule has 3 aromatic heterocycles. The van der Waals surface area contributed by atoms with Gasteiger partial charge >= 0.3 is 0 Å². The Bertz CT molecular complexity index is 3120. The summed E-state index contributed by atoms with van der Waals surface area (Å²) < 4.78 is 9.17. The van der Waals surface area contributed by atoms with Crippen molar-refractivity contribution < 1.29 is 4.42 Å². The summed E-state index contributed by atoms with van der Waals surface area (Å²) in [7, 11) is 0. The zero-order valence-electron chi connectivity index (χ0n) is 30.7. The molecule has 0 N–H and O–H groups in total. The van der Waals surface area contributed by atoms with Crippen LogP contribution in [0.15, 0.2) is 168 Å². The van der Waals surface area contributed by atoms with Gasteiger partial charge in [0.2, 0.25) is 0 Å². The molecule has 9 aromatic rings. The van der Waals surface area contributed by atoms with Gasteiger partial charge < -0.3 is 8.98 Å². The van der Waals surface area contributed by atoms with E-state index in [-0.39, 0.29) is 0 Å². The summed E-state index contributed by atoms with van der Waals surface area (Å²) in [5.41, 5.74) is 11.9. The molecule has 3 heterocycles. The standard InChI is InChI=1S/C51H36N4O/c1-2-5-15-33(14-4-1)34-24-26-36(27-25-34)50-52-49(35-16-6-3-7-17-35)53-51(54-50)39-28-40(48-42-21-11-13-23-46(42)56-47(48)31-39)32-55-44-22-12-10-20-41(44)43-29-37-18-8-9-19-38(37)30-45(43)55/h1,3-11,13-21,23-31H,2,12,22,32H2. The van der Waals surface area contributed by atoms with Crippen LogP contribution in [0.3, 0.4) is 0 Å². The van der Waals surface area contributed by atoms with E-state index >= 15 is 0 Å². The van der Waals surface area contributed by atoms with Crippen molar-refractivity contribution in [2.75, 3.05) is 0 Å². The van der Waals surface area contributed by atoms with Crippen LogP contribution in [-0.4, -0.2) is 19.5 Å². The first-order chi connectivity index (χ1) is 27.7. The molecule has 0 radical (unpaired) electrons. The van der Waals surface area contributed by atoms with E-state index in [0.717, 1.165) is 69.0 Å². The summed E-state index contributed by atoms with van der Waals surface area (Å²) in [5.74, 6) is 1.86. The molecule has 0 atom stereocenters. The molecule has 0 amide bonds. The van der Waals surface area contributed by atoms with E-state index in [9.17, 15) is 0 Å². The van der Waals surface area contributed by atoms with Crippen molar-refractivity contribution in [2.45, 2.75) is 25.8 Å². The molecule has 266 valence electrons. The average molecular weight is 721 g/mol. The van der Waals surface area contributed by atoms with Crippen LogP contribution in [0.2, 0.25) is 0 Å². The lowest BCUT2D eigenvalue weighted by Gasteiger charge is -2.15. The molecule has 2 aliphatic rings. The largest absolute Gasteiger partial charge is 0.456 e. The molecule has 0 aliphatic heterocycles. The van der Waals surface area contributed by atoms with Crippen LogP contribution in [-0.2, 0) is 13.0 Å². The Labute approximate surface area is 324 Å². The number of benzene rings is 6. The highest BCUT2D eigenvalue weighted by atomic mass is 16.3. The Morgan fingerprint density at radius 3 is 2.12 bits per heavy atom. The van der Waals surface area contributed by atoms with E-state index in [1.165, 1.54) is 38.5 Å². The van der Waals surface area contributed by atoms with Crippen LogP contribution in [0.1, 0.15) is 35.2 Å². The number of allylic oxidation sites excluding steroid dienone is 7. The van der Waals surface area contributed by atoms with Crippen molar-refractivity contribution >= 4 is 55.3 Å². The molecule has 11 rings (SSSR count). The molecule has 6 aromatic carbocycles. The lowest BCUT2D eigenvalue weighted by molar-refractivity contribution is 0.668. The highest BCUT2D eigenvalue weighted by Crippen LogP contribution is 2.39. The number of hydrogen-bond donors (Lipinski definition) is 0. The Balaban J connectivity index is 1.10. The summed E-state index contributed by atoms with van der Waals surface area (Å²) in [6.45, 7) is 0.677. The van der Waals surface area contributed by atoms with Crippen molar-refractivity contribution in [2.24, 2.45) is 0 Å². The summed E-state index contributed by atoms with van der Waals surface area (Å²) in [6.07, 6.45) is 18.4. The normalized spacial score (nSPS) is 13.8. The fourth-order valence-corrected chi connectivity index (χ4v) is 8.47. The van der Waals surface area contributed by atoms with Crippen LogP contribution in [0, 0.1) is 0 Å². The zero-order chi connectivity index (χ0) is 37.0. The molecule has 5 nitrogen and oxygen atoms in total. The maximum atomic E-state index is 6.63. The number of hydrogen-bond acceptors (Lipinski definition) is 4. The lowest BCUT2D eigenvalue weighted by atomic mass is 10.00. The molecular weight excluding hydrogens is 685 g/mol. The van der Waals surface area contributed by atoms with Gasteiger partial charge in [0.15, 0.2) is 17.5 Å². The second kappa shape index (κ2) is 13.3. The van der Waals surface area contributed by atoms with Gasteiger partial charge in [-0.2, -0.15) is 0 Å². The van der Waals surface area contributed by atoms with Crippen LogP contribution < -0.4 is 0 Å². The van der Waals surface area contributed by atoms with E-state index in [1.807, 2.05) is 24.3 Å². The molecule has 2 aliphatic carbocycles. The van der Waals surface area contributed by atoms with Crippen LogP contribution in [0.25, 0.3) is 89.4 Å². The Morgan fingerprint density at radius 2 is 1.29 bits per heavy atom. The van der Waals surface area contributed by atoms with Crippen LogP contribution >= 0.6 is 0 Å². The first kappa shape index (κ1) is 32.3. The fraction of sp³-hybridized carbons (Fsp3) is 0.0784. The second-order valence-electron chi connectivity index (χ2n) is 14.6. The molecule has 0 unspecified atom stereocenters. The molecule has 0 saturated heterocycles. The minimum absolute atomic E-state index is 0.606. The third-order valence-electron chi connectivity index (χ3n) is 11.2. The number of fused-ring (bicyclic) bond motifs is 7. The van der Waals surface area contributed by atoms with Crippen molar-refractivity contribution in [1.82, 2.24) is 19.5 Å². The second-order valence-corrected chi connectivity index (χ2v) is 14.6. The van der Waals surface area contributed by atoms with E-state index in [1.54, 1.807) is 0 Å². The lowest BCUT2D eigenvalue weighted by Crippen LogP contribution is -2.07. The first-order valence-electron chi connectivity index (χ1n) is 19.3. The summed E-state index contributed by atoms with van der Waals surface area (Å²) in [4.78, 5) is 15.4. The number of para-hydroxylation sites is 1. The summed E-state index contributed by atoms with van der Waals surface area (Å²) in [5, 5.41) is 6.02. The van der Waals surface area contributed by atoms with Gasteiger partial charge in [-0.25, -0.2) is 15.0 Å². The predicted octanol–water partition coefficient (Wildman–Crippen LogP) is 12.8. The van der Waals surface area contributed by atoms with Gasteiger partial charge in [-0.05, 0) is 77.1 Å². The average Bonchev–Trinajstić information content (AvgIpc) is 3.63. The highest BCUT2D eigenvalue weighted by Gasteiger charge is 2.22. The summed E-state index contributed by atoms with van der Waals surface area (Å²) in [6, 6.07) is 44.8. The summed E-state index contributed by atoms with van der Waals surface area (Å²) >= 11 is 0. The van der Waals surface area contributed by atoms with Crippen molar-refractivity contribution in [3.63, 3.8) is 0 Å². The third kappa shape index (κ3) is 5.59. The fourth-order valence-electron chi connectivity index (χ4n) is 8.47. The number of aromatic nitrogens is 4. The van der Waals surface area contributed by atoms with Gasteiger partial charge in [0.25, 0.3) is 0 Å². The van der Waals surface area contributed by atoms with Gasteiger partial charge in [0.05, 0.1) is 0 Å². The van der Waals surface area contributed by atoms with E-state index in [0.29, 0.717) is 24.0 Å². The van der Waals surface area contributed by atoms with Crippen molar-refractivity contribution in [3.8, 4) is 34.2 Å². The highest BCUT2D eigenvalue weighted by molar-refractivity contribution is 6.08. The van der Waals surface area contributed by atoms with Crippen molar-refractivity contribution in [1.29, 1.82) is 0 Å². The maximum absolute atomic E-state index is 6.63. The third-order valence-corrected chi connectivity index (χ3v) is 11.2. The van der Waals surface area contributed by atoms with Crippen LogP contribution in [0.5, 0.6) is 0 Å². The molecule has 5 heteroatoms. The molecule has 0 spiro atoms. The first-order valence-corrected chi connectivity index (χ1v) is 19.3. The smallest absolute Gasteiger partial charge is 0.164 e. The number of furan rings is 1. The number of rotatable bonds is 6. The van der Waals surface area contributed by atoms with Gasteiger partial charge in [-0.15, -0.1) is 0 Å². The predicted molar refractivity (Wildman–Crippen MR) is 230 cm³/mol. The van der Waals surface area contributed by atoms with Crippen molar-refractivity contribution in [3.05, 3.63) is 186 Å². The van der Waals surface area contributed by atoms with Gasteiger partial charge in [0.1, 0.15) is 11.2 Å². The SMILES string of the molecule is C1=CCC=CC(c2ccc(-c3nc(-c4ccccc4)nc(-c4cc(Cn5c6c(c7cc8ccccc8cc75)C=CCC6)c5c(c4)oc4ccccc45)n3)cc2)=C1. The molecule has 0 bridgehead atoms. The van der Waals surface area contributed by atoms with E-state index in [2.05, 4.69) is 150 Å². The topological polar surface area (TPSA) is 56.7 Å². The van der Waals surface area contributed by atoms with E-state index in [4.69, 9.17) is 19.4 Å². The quantitative estimate of drug-likeness (QED) is 0.172. The van der Waals surface area contributed by atoms with Gasteiger partial charge in [0, 0.05) is 56.2 Å². The molecule has 0 fully saturated rings. The zero-order valence-corrected chi connectivity index (χ0v) is 30.7. The van der Waals surface area contributed by atoms with Gasteiger partial charge in [-0.1, -0.05) is 140 Å². The Hall–Kier alpha value is -7.11. The Morgan fingerprint density at radius 1 is 0.571 bits per heavy atom.